The molecule has 0 aromatic heterocycles. The normalized spacial score (nSPS) is 16.3. The number of nitrogens with one attached hydrogen (secondary N) is 1. The second-order valence-corrected chi connectivity index (χ2v) is 4.35. The van der Waals surface area contributed by atoms with E-state index in [1.54, 1.807) is 7.11 Å². The standard InChI is InChI=1S/C14H22N2O3/c1-3-19-13-5-4-12(10-14(13)17-2)11-15-16-6-8-18-9-7-16/h4-5,10,15H,3,6-9,11H2,1-2H3. The van der Waals surface area contributed by atoms with Gasteiger partial charge < -0.3 is 14.2 Å². The molecule has 0 radical (unpaired) electrons. The monoisotopic (exact) mass is 266 g/mol. The van der Waals surface area contributed by atoms with Gasteiger partial charge in [-0.1, -0.05) is 6.07 Å². The van der Waals surface area contributed by atoms with Crippen molar-refractivity contribution in [1.82, 2.24) is 10.4 Å². The van der Waals surface area contributed by atoms with Crippen LogP contribution in [0, 0.1) is 0 Å². The number of hydrogen-bond donors (Lipinski definition) is 1. The van der Waals surface area contributed by atoms with Crippen molar-refractivity contribution in [2.24, 2.45) is 0 Å². The Kier molecular flexibility index (Phi) is 5.44. The molecule has 1 heterocycles. The maximum absolute atomic E-state index is 5.50. The molecule has 0 unspecified atom stereocenters. The molecule has 0 aliphatic carbocycles. The highest BCUT2D eigenvalue weighted by Crippen LogP contribution is 2.27. The number of hydrazine groups is 1. The molecule has 0 saturated carbocycles. The highest BCUT2D eigenvalue weighted by molar-refractivity contribution is 5.42. The third-order valence-electron chi connectivity index (χ3n) is 3.05. The molecule has 0 amide bonds. The van der Waals surface area contributed by atoms with Gasteiger partial charge in [0.2, 0.25) is 0 Å². The molecule has 19 heavy (non-hydrogen) atoms. The van der Waals surface area contributed by atoms with Crippen LogP contribution in [-0.2, 0) is 11.3 Å². The largest absolute Gasteiger partial charge is 0.493 e. The quantitative estimate of drug-likeness (QED) is 0.844. The summed E-state index contributed by atoms with van der Waals surface area (Å²) in [6.45, 7) is 6.82. The van der Waals surface area contributed by atoms with Crippen molar-refractivity contribution in [3.05, 3.63) is 23.8 Å². The molecule has 0 atom stereocenters. The summed E-state index contributed by atoms with van der Waals surface area (Å²) in [4.78, 5) is 0. The molecule has 1 aromatic rings. The predicted molar refractivity (Wildman–Crippen MR) is 73.4 cm³/mol. The van der Waals surface area contributed by atoms with Gasteiger partial charge in [0.15, 0.2) is 11.5 Å². The van der Waals surface area contributed by atoms with E-state index in [2.05, 4.69) is 16.5 Å². The number of methoxy groups -OCH3 is 1. The maximum Gasteiger partial charge on any atom is 0.161 e. The first-order valence-electron chi connectivity index (χ1n) is 6.69. The smallest absolute Gasteiger partial charge is 0.161 e. The molecule has 1 fully saturated rings. The zero-order valence-electron chi connectivity index (χ0n) is 11.6. The number of ether oxygens (including phenoxy) is 3. The van der Waals surface area contributed by atoms with E-state index in [1.165, 1.54) is 5.56 Å². The number of nitrogens with zero attached hydrogens (tertiary/aromatic N) is 1. The van der Waals surface area contributed by atoms with Crippen LogP contribution in [0.4, 0.5) is 0 Å². The maximum atomic E-state index is 5.50. The van der Waals surface area contributed by atoms with Gasteiger partial charge in [0.05, 0.1) is 26.9 Å². The summed E-state index contributed by atoms with van der Waals surface area (Å²) in [5, 5.41) is 2.19. The average Bonchev–Trinajstić information content (AvgIpc) is 2.47. The molecular weight excluding hydrogens is 244 g/mol. The molecule has 2 rings (SSSR count). The van der Waals surface area contributed by atoms with E-state index in [4.69, 9.17) is 14.2 Å². The third-order valence-corrected chi connectivity index (χ3v) is 3.05. The SMILES string of the molecule is CCOc1ccc(CNN2CCOCC2)cc1OC. The number of rotatable bonds is 6. The Balaban J connectivity index is 1.92. The fourth-order valence-electron chi connectivity index (χ4n) is 2.02. The lowest BCUT2D eigenvalue weighted by atomic mass is 10.2. The van der Waals surface area contributed by atoms with Gasteiger partial charge in [0.1, 0.15) is 0 Å². The van der Waals surface area contributed by atoms with E-state index >= 15 is 0 Å². The Morgan fingerprint density at radius 2 is 2.05 bits per heavy atom. The summed E-state index contributed by atoms with van der Waals surface area (Å²) >= 11 is 0. The zero-order valence-corrected chi connectivity index (χ0v) is 11.6. The second kappa shape index (κ2) is 7.33. The van der Waals surface area contributed by atoms with Crippen molar-refractivity contribution in [3.8, 4) is 11.5 Å². The van der Waals surface area contributed by atoms with Crippen LogP contribution in [0.3, 0.4) is 0 Å². The number of morpholine rings is 1. The predicted octanol–water partition coefficient (Wildman–Crippen LogP) is 1.43. The van der Waals surface area contributed by atoms with E-state index in [9.17, 15) is 0 Å². The van der Waals surface area contributed by atoms with Crippen molar-refractivity contribution in [3.63, 3.8) is 0 Å². The number of benzene rings is 1. The van der Waals surface area contributed by atoms with Gasteiger partial charge in [0, 0.05) is 19.6 Å². The van der Waals surface area contributed by atoms with Crippen LogP contribution in [-0.4, -0.2) is 45.0 Å². The van der Waals surface area contributed by atoms with E-state index in [0.717, 1.165) is 44.3 Å². The van der Waals surface area contributed by atoms with Crippen molar-refractivity contribution in [1.29, 1.82) is 0 Å². The van der Waals surface area contributed by atoms with E-state index in [-0.39, 0.29) is 0 Å². The summed E-state index contributed by atoms with van der Waals surface area (Å²) in [6.07, 6.45) is 0. The minimum atomic E-state index is 0.641. The van der Waals surface area contributed by atoms with Crippen molar-refractivity contribution in [2.75, 3.05) is 40.0 Å². The van der Waals surface area contributed by atoms with Crippen LogP contribution < -0.4 is 14.9 Å². The molecule has 5 nitrogen and oxygen atoms in total. The summed E-state index contributed by atoms with van der Waals surface area (Å²) in [5.41, 5.74) is 4.57. The van der Waals surface area contributed by atoms with Crippen LogP contribution in [0.25, 0.3) is 0 Å². The zero-order chi connectivity index (χ0) is 13.5. The van der Waals surface area contributed by atoms with Crippen LogP contribution in [0.2, 0.25) is 0 Å². The molecule has 1 aliphatic heterocycles. The van der Waals surface area contributed by atoms with Crippen molar-refractivity contribution >= 4 is 0 Å². The van der Waals surface area contributed by atoms with Gasteiger partial charge in [0.25, 0.3) is 0 Å². The van der Waals surface area contributed by atoms with Crippen molar-refractivity contribution < 1.29 is 14.2 Å². The first-order chi connectivity index (χ1) is 9.33. The topological polar surface area (TPSA) is 43.0 Å². The third kappa shape index (κ3) is 4.09. The van der Waals surface area contributed by atoms with Gasteiger partial charge in [-0.05, 0) is 24.6 Å². The lowest BCUT2D eigenvalue weighted by molar-refractivity contribution is 0.0105. The highest BCUT2D eigenvalue weighted by Gasteiger charge is 2.10. The fourth-order valence-corrected chi connectivity index (χ4v) is 2.02. The second-order valence-electron chi connectivity index (χ2n) is 4.35. The van der Waals surface area contributed by atoms with Gasteiger partial charge in [-0.15, -0.1) is 0 Å². The minimum absolute atomic E-state index is 0.641. The van der Waals surface area contributed by atoms with Gasteiger partial charge in [-0.3, -0.25) is 5.43 Å². The van der Waals surface area contributed by atoms with Gasteiger partial charge in [-0.25, -0.2) is 5.01 Å². The molecule has 5 heteroatoms. The Bertz CT molecular complexity index is 392. The van der Waals surface area contributed by atoms with Crippen LogP contribution in [0.15, 0.2) is 18.2 Å². The van der Waals surface area contributed by atoms with E-state index in [0.29, 0.717) is 6.61 Å². The minimum Gasteiger partial charge on any atom is -0.493 e. The Morgan fingerprint density at radius 1 is 1.26 bits per heavy atom. The molecule has 1 aliphatic rings. The molecule has 0 spiro atoms. The molecule has 1 aromatic carbocycles. The fraction of sp³-hybridized carbons (Fsp3) is 0.571. The van der Waals surface area contributed by atoms with Crippen LogP contribution in [0.5, 0.6) is 11.5 Å². The van der Waals surface area contributed by atoms with Gasteiger partial charge in [-0.2, -0.15) is 0 Å². The highest BCUT2D eigenvalue weighted by atomic mass is 16.5. The average molecular weight is 266 g/mol. The number of hydrogen-bond acceptors (Lipinski definition) is 5. The summed E-state index contributed by atoms with van der Waals surface area (Å²) < 4.78 is 16.2. The Labute approximate surface area is 114 Å². The first kappa shape index (κ1) is 14.1. The van der Waals surface area contributed by atoms with Crippen LogP contribution >= 0.6 is 0 Å². The lowest BCUT2D eigenvalue weighted by Crippen LogP contribution is -2.45. The molecular formula is C14H22N2O3. The molecule has 106 valence electrons. The van der Waals surface area contributed by atoms with Crippen LogP contribution in [0.1, 0.15) is 12.5 Å². The Morgan fingerprint density at radius 3 is 2.74 bits per heavy atom. The van der Waals surface area contributed by atoms with Gasteiger partial charge >= 0.3 is 0 Å². The van der Waals surface area contributed by atoms with E-state index < -0.39 is 0 Å². The summed E-state index contributed by atoms with van der Waals surface area (Å²) in [6, 6.07) is 6.03. The summed E-state index contributed by atoms with van der Waals surface area (Å²) in [5.74, 6) is 1.57. The van der Waals surface area contributed by atoms with E-state index in [1.807, 2.05) is 19.1 Å². The molecule has 0 bridgehead atoms. The first-order valence-corrected chi connectivity index (χ1v) is 6.69. The Hall–Kier alpha value is -1.30. The lowest BCUT2D eigenvalue weighted by Gasteiger charge is -2.27. The van der Waals surface area contributed by atoms with Crippen molar-refractivity contribution in [2.45, 2.75) is 13.5 Å². The molecule has 1 N–H and O–H groups in total. The summed E-state index contributed by atoms with van der Waals surface area (Å²) in [7, 11) is 1.66. The molecule has 1 saturated heterocycles.